The van der Waals surface area contributed by atoms with E-state index in [-0.39, 0.29) is 25.2 Å². The monoisotopic (exact) mass is 695 g/mol. The molecule has 0 saturated carbocycles. The van der Waals surface area contributed by atoms with Gasteiger partial charge in [0.15, 0.2) is 6.10 Å². The number of allylic oxidation sites excluding steroid dienone is 14. The van der Waals surface area contributed by atoms with Gasteiger partial charge in [0.2, 0.25) is 0 Å². The molecule has 0 amide bonds. The lowest BCUT2D eigenvalue weighted by Crippen LogP contribution is -2.28. The van der Waals surface area contributed by atoms with Crippen LogP contribution in [0.5, 0.6) is 0 Å². The maximum absolute atomic E-state index is 12.2. The lowest BCUT2D eigenvalue weighted by molar-refractivity contribution is -0.161. The van der Waals surface area contributed by atoms with E-state index in [0.29, 0.717) is 12.8 Å². The van der Waals surface area contributed by atoms with Crippen LogP contribution in [0.25, 0.3) is 0 Å². The minimum Gasteiger partial charge on any atom is -0.462 e. The number of carbonyl (C=O) groups is 2. The van der Waals surface area contributed by atoms with E-state index in [1.54, 1.807) is 0 Å². The third kappa shape index (κ3) is 37.9. The van der Waals surface area contributed by atoms with Gasteiger partial charge in [0.05, 0.1) is 6.61 Å². The minimum absolute atomic E-state index is 0.0956. The Labute approximate surface area is 307 Å². The molecule has 0 bridgehead atoms. The average molecular weight is 695 g/mol. The zero-order chi connectivity index (χ0) is 36.4. The second-order valence-corrected chi connectivity index (χ2v) is 13.0. The summed E-state index contributed by atoms with van der Waals surface area (Å²) in [5.41, 5.74) is 0. The fraction of sp³-hybridized carbons (Fsp3) is 0.644. The zero-order valence-electron chi connectivity index (χ0n) is 32.1. The molecule has 0 aromatic rings. The SMILES string of the molecule is CCCCCC=CCC=CCC=CCC=CCCCCCC(=O)OC(CO)COC(=O)CCCCCCC=CCC=CCC=CCCCCC. The van der Waals surface area contributed by atoms with Gasteiger partial charge in [-0.15, -0.1) is 0 Å². The van der Waals surface area contributed by atoms with Crippen LogP contribution in [0, 0.1) is 0 Å². The van der Waals surface area contributed by atoms with Crippen LogP contribution < -0.4 is 0 Å². The van der Waals surface area contributed by atoms with Crippen LogP contribution in [0.4, 0.5) is 0 Å². The van der Waals surface area contributed by atoms with Crippen molar-refractivity contribution in [2.24, 2.45) is 0 Å². The van der Waals surface area contributed by atoms with Crippen molar-refractivity contribution in [1.29, 1.82) is 0 Å². The summed E-state index contributed by atoms with van der Waals surface area (Å²) >= 11 is 0. The van der Waals surface area contributed by atoms with E-state index in [0.717, 1.165) is 89.9 Å². The Morgan fingerprint density at radius 2 is 0.800 bits per heavy atom. The highest BCUT2D eigenvalue weighted by Crippen LogP contribution is 2.10. The number of carbonyl (C=O) groups excluding carboxylic acids is 2. The molecular weight excluding hydrogens is 620 g/mol. The normalized spacial score (nSPS) is 13.1. The molecule has 0 aliphatic heterocycles. The van der Waals surface area contributed by atoms with Gasteiger partial charge in [-0.05, 0) is 96.3 Å². The van der Waals surface area contributed by atoms with Crippen LogP contribution >= 0.6 is 0 Å². The van der Waals surface area contributed by atoms with E-state index in [2.05, 4.69) is 98.9 Å². The van der Waals surface area contributed by atoms with E-state index in [9.17, 15) is 14.7 Å². The second kappa shape index (κ2) is 40.5. The Balaban J connectivity index is 3.71. The van der Waals surface area contributed by atoms with Gasteiger partial charge in [0.25, 0.3) is 0 Å². The van der Waals surface area contributed by atoms with Crippen LogP contribution in [0.3, 0.4) is 0 Å². The average Bonchev–Trinajstić information content (AvgIpc) is 3.12. The molecule has 1 atom stereocenters. The molecule has 0 aliphatic rings. The molecule has 0 rings (SSSR count). The highest BCUT2D eigenvalue weighted by atomic mass is 16.6. The summed E-state index contributed by atoms with van der Waals surface area (Å²) in [5, 5.41) is 9.56. The Kier molecular flexibility index (Phi) is 38.1. The number of hydrogen-bond donors (Lipinski definition) is 1. The number of esters is 2. The number of aliphatic hydroxyl groups is 1. The molecular formula is C45H74O5. The van der Waals surface area contributed by atoms with E-state index in [1.165, 1.54) is 51.4 Å². The second-order valence-electron chi connectivity index (χ2n) is 13.0. The molecule has 0 spiro atoms. The molecule has 0 aliphatic carbocycles. The highest BCUT2D eigenvalue weighted by Gasteiger charge is 2.16. The first-order valence-corrected chi connectivity index (χ1v) is 20.1. The van der Waals surface area contributed by atoms with Crippen molar-refractivity contribution in [2.45, 2.75) is 174 Å². The van der Waals surface area contributed by atoms with E-state index >= 15 is 0 Å². The van der Waals surface area contributed by atoms with Crippen LogP contribution in [-0.2, 0) is 19.1 Å². The highest BCUT2D eigenvalue weighted by molar-refractivity contribution is 5.70. The summed E-state index contributed by atoms with van der Waals surface area (Å²) in [4.78, 5) is 24.3. The molecule has 1 N–H and O–H groups in total. The number of ether oxygens (including phenoxy) is 2. The molecule has 0 radical (unpaired) electrons. The summed E-state index contributed by atoms with van der Waals surface area (Å²) in [6, 6.07) is 0. The van der Waals surface area contributed by atoms with Crippen molar-refractivity contribution in [3.05, 3.63) is 85.1 Å². The summed E-state index contributed by atoms with van der Waals surface area (Å²) < 4.78 is 10.6. The standard InChI is InChI=1S/C45H74O5/c1-3-5-7-9-11-13-15-17-19-21-22-24-26-28-30-32-34-36-38-40-45(48)50-43(41-46)42-49-44(47)39-37-35-33-31-29-27-25-23-20-18-16-14-12-10-8-6-4-2/h11-14,17-20,22,24-25,27-28,30,43,46H,3-10,15-16,21,23,26,29,31-42H2,1-2H3. The van der Waals surface area contributed by atoms with Crippen LogP contribution in [-0.4, -0.2) is 36.4 Å². The van der Waals surface area contributed by atoms with E-state index < -0.39 is 6.10 Å². The Morgan fingerprint density at radius 1 is 0.460 bits per heavy atom. The van der Waals surface area contributed by atoms with Gasteiger partial charge in [-0.3, -0.25) is 9.59 Å². The van der Waals surface area contributed by atoms with E-state index in [1.807, 2.05) is 0 Å². The van der Waals surface area contributed by atoms with Gasteiger partial charge in [-0.1, -0.05) is 144 Å². The topological polar surface area (TPSA) is 72.8 Å². The third-order valence-electron chi connectivity index (χ3n) is 8.16. The maximum atomic E-state index is 12.2. The first-order chi connectivity index (χ1) is 24.6. The smallest absolute Gasteiger partial charge is 0.306 e. The van der Waals surface area contributed by atoms with Crippen LogP contribution in [0.1, 0.15) is 168 Å². The summed E-state index contributed by atoms with van der Waals surface area (Å²) in [6.45, 7) is 4.02. The Bertz CT molecular complexity index is 968. The minimum atomic E-state index is -0.802. The number of rotatable bonds is 35. The van der Waals surface area contributed by atoms with E-state index in [4.69, 9.17) is 9.47 Å². The molecule has 0 heterocycles. The number of aliphatic hydroxyl groups excluding tert-OH is 1. The summed E-state index contributed by atoms with van der Waals surface area (Å²) in [6.07, 6.45) is 54.9. The molecule has 0 fully saturated rings. The fourth-order valence-corrected chi connectivity index (χ4v) is 5.07. The van der Waals surface area contributed by atoms with Gasteiger partial charge in [0, 0.05) is 12.8 Å². The molecule has 284 valence electrons. The first-order valence-electron chi connectivity index (χ1n) is 20.1. The molecule has 1 unspecified atom stereocenters. The molecule has 50 heavy (non-hydrogen) atoms. The number of unbranched alkanes of at least 4 members (excludes halogenated alkanes) is 13. The Hall–Kier alpha value is -2.92. The number of hydrogen-bond acceptors (Lipinski definition) is 5. The fourth-order valence-electron chi connectivity index (χ4n) is 5.07. The molecule has 0 aromatic heterocycles. The summed E-state index contributed by atoms with van der Waals surface area (Å²) in [5.74, 6) is -0.660. The van der Waals surface area contributed by atoms with Crippen LogP contribution in [0.15, 0.2) is 85.1 Å². The molecule has 0 aromatic carbocycles. The lowest BCUT2D eigenvalue weighted by atomic mass is 10.1. The van der Waals surface area contributed by atoms with Gasteiger partial charge >= 0.3 is 11.9 Å². The predicted octanol–water partition coefficient (Wildman–Crippen LogP) is 12.7. The third-order valence-corrected chi connectivity index (χ3v) is 8.16. The van der Waals surface area contributed by atoms with Gasteiger partial charge in [-0.2, -0.15) is 0 Å². The largest absolute Gasteiger partial charge is 0.462 e. The summed E-state index contributed by atoms with van der Waals surface area (Å²) in [7, 11) is 0. The van der Waals surface area contributed by atoms with Gasteiger partial charge in [0.1, 0.15) is 6.61 Å². The first kappa shape index (κ1) is 47.1. The zero-order valence-corrected chi connectivity index (χ0v) is 32.1. The van der Waals surface area contributed by atoms with Crippen molar-refractivity contribution in [3.63, 3.8) is 0 Å². The quantitative estimate of drug-likeness (QED) is 0.0406. The Morgan fingerprint density at radius 3 is 1.20 bits per heavy atom. The van der Waals surface area contributed by atoms with Crippen LogP contribution in [0.2, 0.25) is 0 Å². The van der Waals surface area contributed by atoms with Gasteiger partial charge < -0.3 is 14.6 Å². The predicted molar refractivity (Wildman–Crippen MR) is 214 cm³/mol. The van der Waals surface area contributed by atoms with Gasteiger partial charge in [-0.25, -0.2) is 0 Å². The molecule has 5 nitrogen and oxygen atoms in total. The van der Waals surface area contributed by atoms with Crippen molar-refractivity contribution in [1.82, 2.24) is 0 Å². The van der Waals surface area contributed by atoms with Crippen molar-refractivity contribution >= 4 is 11.9 Å². The maximum Gasteiger partial charge on any atom is 0.306 e. The molecule has 0 saturated heterocycles. The van der Waals surface area contributed by atoms with Crippen molar-refractivity contribution in [3.8, 4) is 0 Å². The van der Waals surface area contributed by atoms with Crippen molar-refractivity contribution < 1.29 is 24.2 Å². The molecule has 5 heteroatoms. The van der Waals surface area contributed by atoms with Crippen molar-refractivity contribution in [2.75, 3.05) is 13.2 Å². The lowest BCUT2D eigenvalue weighted by Gasteiger charge is -2.15.